The fourth-order valence-electron chi connectivity index (χ4n) is 3.15. The van der Waals surface area contributed by atoms with Crippen LogP contribution in [0.1, 0.15) is 40.0 Å². The van der Waals surface area contributed by atoms with Gasteiger partial charge >= 0.3 is 5.97 Å². The van der Waals surface area contributed by atoms with Crippen molar-refractivity contribution in [3.63, 3.8) is 0 Å². The van der Waals surface area contributed by atoms with E-state index in [9.17, 15) is 9.90 Å². The highest BCUT2D eigenvalue weighted by molar-refractivity contribution is 5.74. The van der Waals surface area contributed by atoms with E-state index in [1.807, 2.05) is 0 Å². The number of carboxylic acid groups (broad SMARTS) is 1. The molecule has 88 valence electrons. The summed E-state index contributed by atoms with van der Waals surface area (Å²) in [5, 5.41) is 18.5. The van der Waals surface area contributed by atoms with E-state index in [1.54, 1.807) is 0 Å². The van der Waals surface area contributed by atoms with Crippen molar-refractivity contribution in [3.8, 4) is 0 Å². The van der Waals surface area contributed by atoms with E-state index in [0.717, 1.165) is 6.42 Å². The van der Waals surface area contributed by atoms with Crippen LogP contribution in [0.3, 0.4) is 0 Å². The lowest BCUT2D eigenvalue weighted by atomic mass is 9.63. The first-order valence-electron chi connectivity index (χ1n) is 5.36. The molecular weight excluding hydrogens is 194 g/mol. The molecule has 0 aromatic rings. The van der Waals surface area contributed by atoms with Crippen LogP contribution in [0.15, 0.2) is 0 Å². The van der Waals surface area contributed by atoms with Crippen LogP contribution in [0.2, 0.25) is 0 Å². The molecule has 4 heteroatoms. The number of nitrogens with two attached hydrogens (primary N) is 1. The molecule has 1 fully saturated rings. The van der Waals surface area contributed by atoms with Gasteiger partial charge in [0.15, 0.2) is 6.10 Å². The molecule has 0 radical (unpaired) electrons. The Bertz CT molecular complexity index is 265. The minimum absolute atomic E-state index is 0.00282. The Labute approximate surface area is 90.5 Å². The fraction of sp³-hybridized carbons (Fsp3) is 0.909. The van der Waals surface area contributed by atoms with Crippen LogP contribution in [0.25, 0.3) is 0 Å². The molecule has 0 heterocycles. The van der Waals surface area contributed by atoms with Gasteiger partial charge in [0.05, 0.1) is 5.54 Å². The Morgan fingerprint density at radius 2 is 2.00 bits per heavy atom. The number of hydrogen-bond acceptors (Lipinski definition) is 3. The molecule has 0 saturated heterocycles. The number of carbonyl (C=O) groups is 1. The summed E-state index contributed by atoms with van der Waals surface area (Å²) >= 11 is 0. The van der Waals surface area contributed by atoms with E-state index in [1.165, 1.54) is 0 Å². The van der Waals surface area contributed by atoms with Crippen molar-refractivity contribution in [2.45, 2.75) is 51.7 Å². The van der Waals surface area contributed by atoms with Gasteiger partial charge in [-0.3, -0.25) is 0 Å². The summed E-state index contributed by atoms with van der Waals surface area (Å²) in [4.78, 5) is 10.8. The van der Waals surface area contributed by atoms with Crippen molar-refractivity contribution >= 4 is 5.97 Å². The van der Waals surface area contributed by atoms with E-state index >= 15 is 0 Å². The summed E-state index contributed by atoms with van der Waals surface area (Å²) in [6.45, 7) is 6.19. The molecule has 0 aromatic carbocycles. The van der Waals surface area contributed by atoms with Crippen LogP contribution in [0.5, 0.6) is 0 Å². The molecule has 0 bridgehead atoms. The zero-order chi connectivity index (χ0) is 11.9. The molecule has 15 heavy (non-hydrogen) atoms. The molecule has 4 nitrogen and oxygen atoms in total. The maximum absolute atomic E-state index is 10.8. The molecule has 1 saturated carbocycles. The highest BCUT2D eigenvalue weighted by Crippen LogP contribution is 2.44. The van der Waals surface area contributed by atoms with Gasteiger partial charge in [-0.05, 0) is 30.6 Å². The van der Waals surface area contributed by atoms with Gasteiger partial charge in [-0.2, -0.15) is 0 Å². The number of hydrogen-bond donors (Lipinski definition) is 3. The SMILES string of the molecule is CC1CC(C)(C)CC(N)(C(O)C(=O)O)C1. The average molecular weight is 215 g/mol. The summed E-state index contributed by atoms with van der Waals surface area (Å²) in [6, 6.07) is 0. The number of aliphatic hydroxyl groups excluding tert-OH is 1. The lowest BCUT2D eigenvalue weighted by Crippen LogP contribution is -2.59. The molecule has 3 unspecified atom stereocenters. The molecule has 0 aliphatic heterocycles. The Kier molecular flexibility index (Phi) is 3.12. The molecule has 1 aliphatic carbocycles. The first-order valence-corrected chi connectivity index (χ1v) is 5.36. The molecule has 3 atom stereocenters. The van der Waals surface area contributed by atoms with Crippen molar-refractivity contribution < 1.29 is 15.0 Å². The predicted octanol–water partition coefficient (Wildman–Crippen LogP) is 0.976. The number of carboxylic acids is 1. The van der Waals surface area contributed by atoms with Crippen LogP contribution < -0.4 is 5.73 Å². The molecule has 0 spiro atoms. The number of aliphatic hydroxyl groups is 1. The first-order chi connectivity index (χ1) is 6.66. The third kappa shape index (κ3) is 2.69. The normalized spacial score (nSPS) is 37.3. The van der Waals surface area contributed by atoms with Crippen molar-refractivity contribution in [1.82, 2.24) is 0 Å². The van der Waals surface area contributed by atoms with Crippen LogP contribution in [-0.4, -0.2) is 27.8 Å². The number of aliphatic carboxylic acids is 1. The standard InChI is InChI=1S/C11H21NO3/c1-7-4-10(2,3)6-11(12,5-7)8(13)9(14)15/h7-8,13H,4-6,12H2,1-3H3,(H,14,15). The predicted molar refractivity (Wildman–Crippen MR) is 57.4 cm³/mol. The van der Waals surface area contributed by atoms with Crippen molar-refractivity contribution in [2.75, 3.05) is 0 Å². The number of rotatable bonds is 2. The third-order valence-corrected chi connectivity index (χ3v) is 3.22. The van der Waals surface area contributed by atoms with E-state index in [0.29, 0.717) is 18.8 Å². The smallest absolute Gasteiger partial charge is 0.334 e. The second kappa shape index (κ2) is 3.76. The van der Waals surface area contributed by atoms with Crippen LogP contribution in [0.4, 0.5) is 0 Å². The average Bonchev–Trinajstić information content (AvgIpc) is 1.97. The second-order valence-corrected chi connectivity index (χ2v) is 5.83. The van der Waals surface area contributed by atoms with Crippen molar-refractivity contribution in [1.29, 1.82) is 0 Å². The quantitative estimate of drug-likeness (QED) is 0.641. The minimum atomic E-state index is -1.46. The molecule has 1 rings (SSSR count). The zero-order valence-electron chi connectivity index (χ0n) is 9.66. The summed E-state index contributed by atoms with van der Waals surface area (Å²) in [7, 11) is 0. The lowest BCUT2D eigenvalue weighted by molar-refractivity contribution is -0.153. The monoisotopic (exact) mass is 215 g/mol. The summed E-state index contributed by atoms with van der Waals surface area (Å²) in [5.41, 5.74) is 5.06. The van der Waals surface area contributed by atoms with Gasteiger partial charge in [-0.15, -0.1) is 0 Å². The van der Waals surface area contributed by atoms with Crippen LogP contribution >= 0.6 is 0 Å². The van der Waals surface area contributed by atoms with E-state index in [2.05, 4.69) is 20.8 Å². The Morgan fingerprint density at radius 3 is 2.40 bits per heavy atom. The van der Waals surface area contributed by atoms with E-state index in [-0.39, 0.29) is 5.41 Å². The molecule has 4 N–H and O–H groups in total. The van der Waals surface area contributed by atoms with Gasteiger partial charge in [0.1, 0.15) is 0 Å². The van der Waals surface area contributed by atoms with Gasteiger partial charge < -0.3 is 15.9 Å². The molecule has 1 aliphatic rings. The van der Waals surface area contributed by atoms with Crippen LogP contribution in [-0.2, 0) is 4.79 Å². The van der Waals surface area contributed by atoms with Gasteiger partial charge in [-0.1, -0.05) is 20.8 Å². The zero-order valence-corrected chi connectivity index (χ0v) is 9.66. The van der Waals surface area contributed by atoms with Crippen molar-refractivity contribution in [2.24, 2.45) is 17.1 Å². The fourth-order valence-corrected chi connectivity index (χ4v) is 3.15. The Hall–Kier alpha value is -0.610. The molecule has 0 amide bonds. The van der Waals surface area contributed by atoms with Gasteiger partial charge in [-0.25, -0.2) is 4.79 Å². The highest BCUT2D eigenvalue weighted by Gasteiger charge is 2.47. The highest BCUT2D eigenvalue weighted by atomic mass is 16.4. The lowest BCUT2D eigenvalue weighted by Gasteiger charge is -2.46. The maximum Gasteiger partial charge on any atom is 0.334 e. The molecule has 0 aromatic heterocycles. The summed E-state index contributed by atoms with van der Waals surface area (Å²) in [5.74, 6) is -0.866. The first kappa shape index (κ1) is 12.5. The Balaban J connectivity index is 2.88. The minimum Gasteiger partial charge on any atom is -0.479 e. The van der Waals surface area contributed by atoms with Gasteiger partial charge in [0.2, 0.25) is 0 Å². The summed E-state index contributed by atoms with van der Waals surface area (Å²) < 4.78 is 0. The van der Waals surface area contributed by atoms with E-state index < -0.39 is 17.6 Å². The largest absolute Gasteiger partial charge is 0.479 e. The Morgan fingerprint density at radius 1 is 1.47 bits per heavy atom. The van der Waals surface area contributed by atoms with Gasteiger partial charge in [0, 0.05) is 0 Å². The topological polar surface area (TPSA) is 83.5 Å². The third-order valence-electron chi connectivity index (χ3n) is 3.22. The maximum atomic E-state index is 10.8. The second-order valence-electron chi connectivity index (χ2n) is 5.83. The van der Waals surface area contributed by atoms with Crippen LogP contribution in [0, 0.1) is 11.3 Å². The molecular formula is C11H21NO3. The van der Waals surface area contributed by atoms with Crippen molar-refractivity contribution in [3.05, 3.63) is 0 Å². The summed E-state index contributed by atoms with van der Waals surface area (Å²) in [6.07, 6.45) is 0.694. The van der Waals surface area contributed by atoms with E-state index in [4.69, 9.17) is 10.8 Å². The van der Waals surface area contributed by atoms with Gasteiger partial charge in [0.25, 0.3) is 0 Å².